The van der Waals surface area contributed by atoms with Crippen LogP contribution in [0.5, 0.6) is 0 Å². The Morgan fingerprint density at radius 1 is 1.00 bits per heavy atom. The SMILES string of the molecule is O=C(c1ccccc1)N1N=C(c2cccnc2)CC1c1ccccc1Cl. The lowest BCUT2D eigenvalue weighted by Crippen LogP contribution is -2.27. The topological polar surface area (TPSA) is 45.6 Å². The second-order valence-corrected chi connectivity index (χ2v) is 6.45. The molecule has 0 saturated heterocycles. The highest BCUT2D eigenvalue weighted by atomic mass is 35.5. The Kier molecular flexibility index (Phi) is 4.50. The van der Waals surface area contributed by atoms with Crippen molar-refractivity contribution >= 4 is 23.2 Å². The normalized spacial score (nSPS) is 16.4. The smallest absolute Gasteiger partial charge is 0.267 e. The number of hydrogen-bond donors (Lipinski definition) is 0. The number of aromatic nitrogens is 1. The monoisotopic (exact) mass is 361 g/mol. The van der Waals surface area contributed by atoms with Crippen molar-refractivity contribution in [2.45, 2.75) is 12.5 Å². The molecule has 0 N–H and O–H groups in total. The van der Waals surface area contributed by atoms with E-state index in [1.807, 2.05) is 54.6 Å². The molecule has 4 nitrogen and oxygen atoms in total. The first kappa shape index (κ1) is 16.5. The number of amides is 1. The minimum Gasteiger partial charge on any atom is -0.267 e. The zero-order chi connectivity index (χ0) is 17.9. The van der Waals surface area contributed by atoms with Crippen LogP contribution in [-0.2, 0) is 0 Å². The van der Waals surface area contributed by atoms with E-state index in [-0.39, 0.29) is 11.9 Å². The van der Waals surface area contributed by atoms with E-state index in [9.17, 15) is 4.79 Å². The zero-order valence-corrected chi connectivity index (χ0v) is 14.7. The fourth-order valence-corrected chi connectivity index (χ4v) is 3.37. The van der Waals surface area contributed by atoms with Crippen LogP contribution < -0.4 is 0 Å². The molecule has 1 aliphatic rings. The zero-order valence-electron chi connectivity index (χ0n) is 13.9. The summed E-state index contributed by atoms with van der Waals surface area (Å²) in [7, 11) is 0. The van der Waals surface area contributed by atoms with Crippen LogP contribution in [0, 0.1) is 0 Å². The van der Waals surface area contributed by atoms with E-state index >= 15 is 0 Å². The van der Waals surface area contributed by atoms with Crippen LogP contribution in [-0.4, -0.2) is 21.6 Å². The maximum atomic E-state index is 13.1. The Labute approximate surface area is 156 Å². The summed E-state index contributed by atoms with van der Waals surface area (Å²) in [5, 5.41) is 6.81. The molecule has 3 aromatic rings. The first-order valence-electron chi connectivity index (χ1n) is 8.35. The van der Waals surface area contributed by atoms with Crippen LogP contribution >= 0.6 is 11.6 Å². The van der Waals surface area contributed by atoms with Crippen LogP contribution in [0.25, 0.3) is 0 Å². The highest BCUT2D eigenvalue weighted by molar-refractivity contribution is 6.31. The molecule has 0 bridgehead atoms. The molecule has 4 rings (SSSR count). The quantitative estimate of drug-likeness (QED) is 0.677. The standard InChI is InChI=1S/C21H16ClN3O/c22-18-11-5-4-10-17(18)20-13-19(16-9-6-12-23-14-16)24-25(20)21(26)15-7-2-1-3-8-15/h1-12,14,20H,13H2. The largest absolute Gasteiger partial charge is 0.274 e. The van der Waals surface area contributed by atoms with Gasteiger partial charge in [-0.2, -0.15) is 5.10 Å². The molecule has 0 saturated carbocycles. The third kappa shape index (κ3) is 3.11. The van der Waals surface area contributed by atoms with Gasteiger partial charge in [-0.15, -0.1) is 0 Å². The lowest BCUT2D eigenvalue weighted by Gasteiger charge is -2.23. The van der Waals surface area contributed by atoms with Gasteiger partial charge in [0.1, 0.15) is 0 Å². The molecular formula is C21H16ClN3O. The molecule has 1 aliphatic heterocycles. The fraction of sp³-hybridized carbons (Fsp3) is 0.0952. The Bertz CT molecular complexity index is 957. The van der Waals surface area contributed by atoms with Crippen molar-refractivity contribution in [3.05, 3.63) is 101 Å². The van der Waals surface area contributed by atoms with Gasteiger partial charge in [0, 0.05) is 35.0 Å². The Hall–Kier alpha value is -2.98. The highest BCUT2D eigenvalue weighted by Gasteiger charge is 2.34. The van der Waals surface area contributed by atoms with Gasteiger partial charge in [-0.3, -0.25) is 9.78 Å². The van der Waals surface area contributed by atoms with Gasteiger partial charge in [0.15, 0.2) is 0 Å². The Morgan fingerprint density at radius 3 is 2.50 bits per heavy atom. The van der Waals surface area contributed by atoms with E-state index in [4.69, 9.17) is 11.6 Å². The Balaban J connectivity index is 1.76. The Morgan fingerprint density at radius 2 is 1.77 bits per heavy atom. The number of rotatable bonds is 3. The van der Waals surface area contributed by atoms with Crippen molar-refractivity contribution in [1.29, 1.82) is 0 Å². The summed E-state index contributed by atoms with van der Waals surface area (Å²) in [6.45, 7) is 0. The molecule has 128 valence electrons. The molecular weight excluding hydrogens is 346 g/mol. The average Bonchev–Trinajstić information content (AvgIpc) is 3.14. The van der Waals surface area contributed by atoms with Gasteiger partial charge < -0.3 is 0 Å². The van der Waals surface area contributed by atoms with Gasteiger partial charge in [0.25, 0.3) is 5.91 Å². The van der Waals surface area contributed by atoms with E-state index in [1.54, 1.807) is 29.5 Å². The predicted molar refractivity (Wildman–Crippen MR) is 102 cm³/mol. The summed E-state index contributed by atoms with van der Waals surface area (Å²) in [6.07, 6.45) is 4.07. The maximum absolute atomic E-state index is 13.1. The second-order valence-electron chi connectivity index (χ2n) is 6.05. The number of pyridine rings is 1. The van der Waals surface area contributed by atoms with Crippen molar-refractivity contribution in [1.82, 2.24) is 9.99 Å². The molecule has 1 aromatic heterocycles. The number of nitrogens with zero attached hydrogens (tertiary/aromatic N) is 3. The molecule has 2 aromatic carbocycles. The number of hydrogen-bond acceptors (Lipinski definition) is 3. The number of benzene rings is 2. The minimum atomic E-state index is -0.244. The number of hydrazone groups is 1. The van der Waals surface area contributed by atoms with E-state index in [0.717, 1.165) is 16.8 Å². The molecule has 0 radical (unpaired) electrons. The molecule has 1 unspecified atom stereocenters. The summed E-state index contributed by atoms with van der Waals surface area (Å²) in [4.78, 5) is 17.2. The predicted octanol–water partition coefficient (Wildman–Crippen LogP) is 4.73. The first-order chi connectivity index (χ1) is 12.7. The third-order valence-electron chi connectivity index (χ3n) is 4.40. The van der Waals surface area contributed by atoms with Crippen LogP contribution in [0.15, 0.2) is 84.2 Å². The molecule has 2 heterocycles. The first-order valence-corrected chi connectivity index (χ1v) is 8.73. The molecule has 5 heteroatoms. The minimum absolute atomic E-state index is 0.144. The van der Waals surface area contributed by atoms with Gasteiger partial charge in [0.05, 0.1) is 11.8 Å². The maximum Gasteiger partial charge on any atom is 0.274 e. The van der Waals surface area contributed by atoms with Crippen LogP contribution in [0.3, 0.4) is 0 Å². The van der Waals surface area contributed by atoms with Crippen molar-refractivity contribution in [2.24, 2.45) is 5.10 Å². The van der Waals surface area contributed by atoms with Gasteiger partial charge in [-0.05, 0) is 29.8 Å². The second kappa shape index (κ2) is 7.10. The summed E-state index contributed by atoms with van der Waals surface area (Å²) < 4.78 is 0. The molecule has 1 amide bonds. The summed E-state index contributed by atoms with van der Waals surface area (Å²) in [6, 6.07) is 20.3. The van der Waals surface area contributed by atoms with Gasteiger partial charge in [-0.1, -0.05) is 54.1 Å². The van der Waals surface area contributed by atoms with E-state index in [2.05, 4.69) is 10.1 Å². The van der Waals surface area contributed by atoms with Crippen molar-refractivity contribution in [2.75, 3.05) is 0 Å². The molecule has 26 heavy (non-hydrogen) atoms. The fourth-order valence-electron chi connectivity index (χ4n) is 3.11. The summed E-state index contributed by atoms with van der Waals surface area (Å²) in [5.41, 5.74) is 3.22. The summed E-state index contributed by atoms with van der Waals surface area (Å²) >= 11 is 6.41. The van der Waals surface area contributed by atoms with Crippen LogP contribution in [0.2, 0.25) is 5.02 Å². The molecule has 0 fully saturated rings. The number of halogens is 1. The van der Waals surface area contributed by atoms with E-state index in [0.29, 0.717) is 17.0 Å². The molecule has 0 aliphatic carbocycles. The van der Waals surface area contributed by atoms with Gasteiger partial charge >= 0.3 is 0 Å². The third-order valence-corrected chi connectivity index (χ3v) is 4.74. The average molecular weight is 362 g/mol. The van der Waals surface area contributed by atoms with Crippen molar-refractivity contribution in [3.8, 4) is 0 Å². The highest BCUT2D eigenvalue weighted by Crippen LogP contribution is 2.36. The molecule has 1 atom stereocenters. The van der Waals surface area contributed by atoms with Crippen LogP contribution in [0.4, 0.5) is 0 Å². The van der Waals surface area contributed by atoms with Crippen molar-refractivity contribution in [3.63, 3.8) is 0 Å². The van der Waals surface area contributed by atoms with E-state index < -0.39 is 0 Å². The molecule has 0 spiro atoms. The van der Waals surface area contributed by atoms with E-state index in [1.165, 1.54) is 0 Å². The van der Waals surface area contributed by atoms with Gasteiger partial charge in [0.2, 0.25) is 0 Å². The van der Waals surface area contributed by atoms with Crippen molar-refractivity contribution < 1.29 is 4.79 Å². The van der Waals surface area contributed by atoms with Gasteiger partial charge in [-0.25, -0.2) is 5.01 Å². The number of carbonyl (C=O) groups excluding carboxylic acids is 1. The lowest BCUT2D eigenvalue weighted by molar-refractivity contribution is 0.0711. The number of carbonyl (C=O) groups is 1. The lowest BCUT2D eigenvalue weighted by atomic mass is 9.98. The van der Waals surface area contributed by atoms with Crippen LogP contribution in [0.1, 0.15) is 33.9 Å². The summed E-state index contributed by atoms with van der Waals surface area (Å²) in [5.74, 6) is -0.144.